The van der Waals surface area contributed by atoms with E-state index in [0.717, 1.165) is 6.07 Å². The number of hydrogen-bond acceptors (Lipinski definition) is 6. The average Bonchev–Trinajstić information content (AvgIpc) is 3.00. The number of aromatic hydroxyl groups is 2. The summed E-state index contributed by atoms with van der Waals surface area (Å²) in [7, 11) is 0. The highest BCUT2D eigenvalue weighted by Gasteiger charge is 2.23. The maximum absolute atomic E-state index is 13.3. The van der Waals surface area contributed by atoms with Crippen molar-refractivity contribution < 1.29 is 24.2 Å². The molecule has 0 amide bonds. The van der Waals surface area contributed by atoms with Crippen LogP contribution < -0.4 is 5.32 Å². The zero-order valence-electron chi connectivity index (χ0n) is 13.7. The van der Waals surface area contributed by atoms with Crippen LogP contribution in [0.2, 0.25) is 5.02 Å². The van der Waals surface area contributed by atoms with Crippen molar-refractivity contribution in [3.8, 4) is 33.9 Å². The van der Waals surface area contributed by atoms with Crippen molar-refractivity contribution in [3.05, 3.63) is 52.9 Å². The van der Waals surface area contributed by atoms with Gasteiger partial charge < -0.3 is 19.8 Å². The van der Waals surface area contributed by atoms with Gasteiger partial charge in [-0.3, -0.25) is 5.32 Å². The average molecular weight is 379 g/mol. The van der Waals surface area contributed by atoms with Crippen LogP contribution in [0.4, 0.5) is 4.39 Å². The van der Waals surface area contributed by atoms with E-state index < -0.39 is 12.0 Å². The quantitative estimate of drug-likeness (QED) is 0.506. The summed E-state index contributed by atoms with van der Waals surface area (Å²) >= 11 is 5.95. The van der Waals surface area contributed by atoms with Crippen LogP contribution in [0.1, 0.15) is 12.6 Å². The first-order valence-electron chi connectivity index (χ1n) is 7.74. The molecule has 2 aromatic carbocycles. The van der Waals surface area contributed by atoms with Crippen molar-refractivity contribution in [3.63, 3.8) is 0 Å². The lowest BCUT2D eigenvalue weighted by atomic mass is 9.98. The standard InChI is InChI=1S/C18H16ClFN2O4/c1-9(23)21-8-14-17(10-2-4-11(20)5-3-10)18(26-22-14)12-6-13(19)16(25)7-15(12)24/h2-7,9,21,23-25H,8H2,1H3. The maximum Gasteiger partial charge on any atom is 0.178 e. The Hall–Kier alpha value is -2.61. The molecule has 4 N–H and O–H groups in total. The fraction of sp³-hybridized carbons (Fsp3) is 0.167. The Morgan fingerprint density at radius 1 is 1.19 bits per heavy atom. The van der Waals surface area contributed by atoms with Crippen molar-refractivity contribution in [2.75, 3.05) is 0 Å². The van der Waals surface area contributed by atoms with Gasteiger partial charge in [0, 0.05) is 12.6 Å². The van der Waals surface area contributed by atoms with E-state index in [2.05, 4.69) is 10.5 Å². The van der Waals surface area contributed by atoms with Gasteiger partial charge in [0.1, 0.15) is 29.2 Å². The molecule has 0 saturated carbocycles. The lowest BCUT2D eigenvalue weighted by molar-refractivity contribution is 0.154. The summed E-state index contributed by atoms with van der Waals surface area (Å²) in [5, 5.41) is 36.1. The van der Waals surface area contributed by atoms with Crippen LogP contribution >= 0.6 is 11.6 Å². The molecule has 26 heavy (non-hydrogen) atoms. The van der Waals surface area contributed by atoms with Gasteiger partial charge in [-0.05, 0) is 30.7 Å². The minimum absolute atomic E-state index is 0.0305. The number of halogens is 2. The molecule has 136 valence electrons. The Morgan fingerprint density at radius 3 is 2.54 bits per heavy atom. The zero-order valence-corrected chi connectivity index (χ0v) is 14.5. The van der Waals surface area contributed by atoms with Crippen LogP contribution in [0.25, 0.3) is 22.5 Å². The molecule has 1 unspecified atom stereocenters. The number of aliphatic hydroxyl groups is 1. The van der Waals surface area contributed by atoms with E-state index in [0.29, 0.717) is 16.8 Å². The normalized spacial score (nSPS) is 12.3. The molecule has 8 heteroatoms. The summed E-state index contributed by atoms with van der Waals surface area (Å²) < 4.78 is 18.7. The van der Waals surface area contributed by atoms with E-state index in [4.69, 9.17) is 16.1 Å². The lowest BCUT2D eigenvalue weighted by Crippen LogP contribution is -2.24. The highest BCUT2D eigenvalue weighted by molar-refractivity contribution is 6.32. The topological polar surface area (TPSA) is 98.8 Å². The predicted molar refractivity (Wildman–Crippen MR) is 94.2 cm³/mol. The fourth-order valence-electron chi connectivity index (χ4n) is 2.52. The van der Waals surface area contributed by atoms with E-state index in [1.54, 1.807) is 19.1 Å². The highest BCUT2D eigenvalue weighted by Crippen LogP contribution is 2.42. The number of nitrogens with zero attached hydrogens (tertiary/aromatic N) is 1. The van der Waals surface area contributed by atoms with Crippen molar-refractivity contribution in [1.29, 1.82) is 0 Å². The lowest BCUT2D eigenvalue weighted by Gasteiger charge is -2.09. The van der Waals surface area contributed by atoms with Gasteiger partial charge in [-0.2, -0.15) is 0 Å². The van der Waals surface area contributed by atoms with E-state index >= 15 is 0 Å². The van der Waals surface area contributed by atoms with E-state index in [-0.39, 0.29) is 34.4 Å². The molecule has 0 saturated heterocycles. The van der Waals surface area contributed by atoms with Crippen LogP contribution in [-0.2, 0) is 6.54 Å². The smallest absolute Gasteiger partial charge is 0.178 e. The third kappa shape index (κ3) is 3.65. The highest BCUT2D eigenvalue weighted by atomic mass is 35.5. The van der Waals surface area contributed by atoms with Gasteiger partial charge in [-0.1, -0.05) is 28.9 Å². The molecule has 0 aliphatic rings. The van der Waals surface area contributed by atoms with Crippen molar-refractivity contribution in [1.82, 2.24) is 10.5 Å². The predicted octanol–water partition coefficient (Wildman–Crippen LogP) is 3.64. The van der Waals surface area contributed by atoms with E-state index in [1.165, 1.54) is 18.2 Å². The van der Waals surface area contributed by atoms with Gasteiger partial charge >= 0.3 is 0 Å². The second-order valence-corrected chi connectivity index (χ2v) is 6.13. The minimum Gasteiger partial charge on any atom is -0.507 e. The first-order chi connectivity index (χ1) is 12.4. The third-order valence-electron chi connectivity index (χ3n) is 3.77. The Kier molecular flexibility index (Phi) is 5.13. The molecule has 3 aromatic rings. The van der Waals surface area contributed by atoms with Gasteiger partial charge in [-0.15, -0.1) is 0 Å². The van der Waals surface area contributed by atoms with Gasteiger partial charge in [0.25, 0.3) is 0 Å². The molecule has 0 aliphatic heterocycles. The molecule has 1 atom stereocenters. The Morgan fingerprint density at radius 2 is 1.88 bits per heavy atom. The summed E-state index contributed by atoms with van der Waals surface area (Å²) in [5.41, 5.74) is 1.79. The number of aliphatic hydroxyl groups excluding tert-OH is 1. The van der Waals surface area contributed by atoms with Crippen LogP contribution in [-0.4, -0.2) is 26.7 Å². The molecule has 0 spiro atoms. The van der Waals surface area contributed by atoms with Gasteiger partial charge in [0.2, 0.25) is 0 Å². The Labute approximate surface area is 153 Å². The van der Waals surface area contributed by atoms with Crippen LogP contribution in [0, 0.1) is 5.82 Å². The number of hydrogen-bond donors (Lipinski definition) is 4. The molecule has 0 bridgehead atoms. The van der Waals surface area contributed by atoms with Crippen LogP contribution in [0.15, 0.2) is 40.9 Å². The summed E-state index contributed by atoms with van der Waals surface area (Å²) in [6.07, 6.45) is -0.771. The number of rotatable bonds is 5. The number of aromatic nitrogens is 1. The summed E-state index contributed by atoms with van der Waals surface area (Å²) in [5.74, 6) is -0.711. The Balaban J connectivity index is 2.16. The monoisotopic (exact) mass is 378 g/mol. The van der Waals surface area contributed by atoms with Gasteiger partial charge in [-0.25, -0.2) is 4.39 Å². The molecular weight excluding hydrogens is 363 g/mol. The molecule has 0 aliphatic carbocycles. The summed E-state index contributed by atoms with van der Waals surface area (Å²) in [6, 6.07) is 8.14. The Bertz CT molecular complexity index is 926. The van der Waals surface area contributed by atoms with Gasteiger partial charge in [0.05, 0.1) is 16.1 Å². The SMILES string of the molecule is CC(O)NCc1noc(-c2cc(Cl)c(O)cc2O)c1-c1ccc(F)cc1. The maximum atomic E-state index is 13.3. The molecule has 1 aromatic heterocycles. The number of phenols is 2. The van der Waals surface area contributed by atoms with Crippen LogP contribution in [0.3, 0.4) is 0 Å². The third-order valence-corrected chi connectivity index (χ3v) is 4.07. The van der Waals surface area contributed by atoms with Crippen LogP contribution in [0.5, 0.6) is 11.5 Å². The van der Waals surface area contributed by atoms with E-state index in [1.807, 2.05) is 0 Å². The summed E-state index contributed by atoms with van der Waals surface area (Å²) in [6.45, 7) is 1.74. The van der Waals surface area contributed by atoms with Crippen molar-refractivity contribution >= 4 is 11.6 Å². The molecule has 0 fully saturated rings. The minimum atomic E-state index is -0.771. The molecule has 0 radical (unpaired) electrons. The second-order valence-electron chi connectivity index (χ2n) is 5.72. The van der Waals surface area contributed by atoms with Crippen molar-refractivity contribution in [2.45, 2.75) is 19.7 Å². The molecular formula is C18H16ClFN2O4. The second kappa shape index (κ2) is 7.33. The summed E-state index contributed by atoms with van der Waals surface area (Å²) in [4.78, 5) is 0. The molecule has 3 rings (SSSR count). The number of phenolic OH excluding ortho intramolecular Hbond substituents is 2. The fourth-order valence-corrected chi connectivity index (χ4v) is 2.68. The largest absolute Gasteiger partial charge is 0.507 e. The number of nitrogens with one attached hydrogen (secondary N) is 1. The number of benzene rings is 2. The first-order valence-corrected chi connectivity index (χ1v) is 8.12. The van der Waals surface area contributed by atoms with Gasteiger partial charge in [0.15, 0.2) is 5.76 Å². The van der Waals surface area contributed by atoms with Crippen molar-refractivity contribution in [2.24, 2.45) is 0 Å². The molecule has 1 heterocycles. The zero-order chi connectivity index (χ0) is 18.8. The first kappa shape index (κ1) is 18.2. The molecule has 6 nitrogen and oxygen atoms in total. The van der Waals surface area contributed by atoms with E-state index in [9.17, 15) is 19.7 Å².